The van der Waals surface area contributed by atoms with Crippen LogP contribution in [0.3, 0.4) is 0 Å². The molecule has 17 heavy (non-hydrogen) atoms. The van der Waals surface area contributed by atoms with Gasteiger partial charge in [0.1, 0.15) is 5.75 Å². The summed E-state index contributed by atoms with van der Waals surface area (Å²) in [6.45, 7) is 0.546. The van der Waals surface area contributed by atoms with E-state index in [1.165, 1.54) is 0 Å². The number of benzene rings is 1. The highest BCUT2D eigenvalue weighted by atomic mass is 32.1. The molecule has 0 aliphatic heterocycles. The molecule has 1 aromatic rings. The molecule has 0 atom stereocenters. The van der Waals surface area contributed by atoms with E-state index in [1.807, 2.05) is 30.3 Å². The molecule has 92 valence electrons. The first-order chi connectivity index (χ1) is 8.09. The zero-order valence-electron chi connectivity index (χ0n) is 9.76. The van der Waals surface area contributed by atoms with E-state index < -0.39 is 0 Å². The van der Waals surface area contributed by atoms with Crippen molar-refractivity contribution in [1.29, 1.82) is 0 Å². The predicted molar refractivity (Wildman–Crippen MR) is 71.0 cm³/mol. The Kier molecular flexibility index (Phi) is 5.42. The third-order valence-electron chi connectivity index (χ3n) is 2.22. The summed E-state index contributed by atoms with van der Waals surface area (Å²) in [5.74, 6) is 0.591. The number of hydrogen-bond donors (Lipinski definition) is 1. The Morgan fingerprint density at radius 1 is 1.41 bits per heavy atom. The van der Waals surface area contributed by atoms with Crippen LogP contribution in [0, 0.1) is 0 Å². The summed E-state index contributed by atoms with van der Waals surface area (Å²) < 4.78 is 5.34. The minimum Gasteiger partial charge on any atom is -0.484 e. The number of carbonyl (C=O) groups is 1. The maximum absolute atomic E-state index is 11.6. The molecule has 0 bridgehead atoms. The van der Waals surface area contributed by atoms with Gasteiger partial charge < -0.3 is 15.4 Å². The quantitative estimate of drug-likeness (QED) is 0.773. The van der Waals surface area contributed by atoms with Crippen molar-refractivity contribution in [2.75, 3.05) is 20.2 Å². The van der Waals surface area contributed by atoms with Crippen molar-refractivity contribution >= 4 is 23.1 Å². The average molecular weight is 252 g/mol. The second kappa shape index (κ2) is 6.85. The van der Waals surface area contributed by atoms with Gasteiger partial charge in [-0.15, -0.1) is 0 Å². The molecule has 0 saturated heterocycles. The van der Waals surface area contributed by atoms with E-state index in [0.29, 0.717) is 23.7 Å². The molecule has 0 fully saturated rings. The summed E-state index contributed by atoms with van der Waals surface area (Å²) in [7, 11) is 1.70. The van der Waals surface area contributed by atoms with E-state index >= 15 is 0 Å². The van der Waals surface area contributed by atoms with Gasteiger partial charge in [-0.05, 0) is 12.1 Å². The Morgan fingerprint density at radius 2 is 2.06 bits per heavy atom. The van der Waals surface area contributed by atoms with Crippen molar-refractivity contribution in [3.63, 3.8) is 0 Å². The molecule has 5 heteroatoms. The van der Waals surface area contributed by atoms with Gasteiger partial charge in [-0.25, -0.2) is 0 Å². The lowest BCUT2D eigenvalue weighted by atomic mass is 10.3. The lowest BCUT2D eigenvalue weighted by molar-refractivity contribution is -0.131. The van der Waals surface area contributed by atoms with Gasteiger partial charge in [-0.1, -0.05) is 30.4 Å². The molecule has 0 saturated carbocycles. The fourth-order valence-corrected chi connectivity index (χ4v) is 1.27. The Bertz CT molecular complexity index is 381. The third kappa shape index (κ3) is 5.31. The van der Waals surface area contributed by atoms with Crippen molar-refractivity contribution in [3.05, 3.63) is 30.3 Å². The zero-order valence-corrected chi connectivity index (χ0v) is 10.6. The van der Waals surface area contributed by atoms with Gasteiger partial charge in [-0.3, -0.25) is 4.79 Å². The average Bonchev–Trinajstić information content (AvgIpc) is 2.34. The first kappa shape index (κ1) is 13.4. The maximum atomic E-state index is 11.6. The van der Waals surface area contributed by atoms with Gasteiger partial charge in [0.15, 0.2) is 6.61 Å². The number of ether oxygens (including phenoxy) is 1. The fourth-order valence-electron chi connectivity index (χ4n) is 1.17. The van der Waals surface area contributed by atoms with Crippen LogP contribution in [0.4, 0.5) is 0 Å². The summed E-state index contributed by atoms with van der Waals surface area (Å²) in [6.07, 6.45) is 0.531. The van der Waals surface area contributed by atoms with E-state index in [4.69, 9.17) is 22.7 Å². The van der Waals surface area contributed by atoms with E-state index in [1.54, 1.807) is 11.9 Å². The van der Waals surface area contributed by atoms with Crippen LogP contribution in [0.5, 0.6) is 5.75 Å². The van der Waals surface area contributed by atoms with E-state index in [9.17, 15) is 4.79 Å². The van der Waals surface area contributed by atoms with Crippen molar-refractivity contribution in [1.82, 2.24) is 4.90 Å². The highest BCUT2D eigenvalue weighted by Gasteiger charge is 2.09. The lowest BCUT2D eigenvalue weighted by Gasteiger charge is -2.16. The molecule has 0 spiro atoms. The minimum atomic E-state index is -0.0925. The number of nitrogens with zero attached hydrogens (tertiary/aromatic N) is 1. The summed E-state index contributed by atoms with van der Waals surface area (Å²) in [5.41, 5.74) is 5.37. The van der Waals surface area contributed by atoms with Crippen LogP contribution < -0.4 is 10.5 Å². The van der Waals surface area contributed by atoms with Crippen LogP contribution in [0.15, 0.2) is 30.3 Å². The molecule has 0 heterocycles. The smallest absolute Gasteiger partial charge is 0.260 e. The summed E-state index contributed by atoms with van der Waals surface area (Å²) in [6, 6.07) is 9.22. The fraction of sp³-hybridized carbons (Fsp3) is 0.333. The van der Waals surface area contributed by atoms with Crippen molar-refractivity contribution in [2.45, 2.75) is 6.42 Å². The minimum absolute atomic E-state index is 0.0256. The number of thiocarbonyl (C=S) groups is 1. The third-order valence-corrected chi connectivity index (χ3v) is 2.43. The Hall–Kier alpha value is -1.62. The number of carbonyl (C=O) groups excluding carboxylic acids is 1. The second-order valence-corrected chi connectivity index (χ2v) is 4.16. The van der Waals surface area contributed by atoms with Crippen LogP contribution in [0.2, 0.25) is 0 Å². The van der Waals surface area contributed by atoms with Crippen LogP contribution >= 0.6 is 12.2 Å². The summed E-state index contributed by atoms with van der Waals surface area (Å²) in [5, 5.41) is 0. The molecule has 0 radical (unpaired) electrons. The number of likely N-dealkylation sites (N-methyl/N-ethyl adjacent to an activating group) is 1. The van der Waals surface area contributed by atoms with Crippen LogP contribution in [0.25, 0.3) is 0 Å². The molecule has 0 aromatic heterocycles. The number of nitrogens with two attached hydrogens (primary N) is 1. The monoisotopic (exact) mass is 252 g/mol. The molecule has 0 aliphatic rings. The Balaban J connectivity index is 2.32. The number of rotatable bonds is 6. The first-order valence-corrected chi connectivity index (χ1v) is 5.70. The zero-order chi connectivity index (χ0) is 12.7. The number of hydrogen-bond acceptors (Lipinski definition) is 3. The molecule has 2 N–H and O–H groups in total. The van der Waals surface area contributed by atoms with Gasteiger partial charge in [0.25, 0.3) is 5.91 Å². The van der Waals surface area contributed by atoms with Crippen molar-refractivity contribution in [3.8, 4) is 5.75 Å². The van der Waals surface area contributed by atoms with Gasteiger partial charge in [0.2, 0.25) is 0 Å². The summed E-state index contributed by atoms with van der Waals surface area (Å²) >= 11 is 4.75. The highest BCUT2D eigenvalue weighted by molar-refractivity contribution is 7.80. The topological polar surface area (TPSA) is 55.6 Å². The Morgan fingerprint density at radius 3 is 2.65 bits per heavy atom. The molecule has 1 rings (SSSR count). The molecule has 4 nitrogen and oxygen atoms in total. The normalized spacial score (nSPS) is 9.71. The van der Waals surface area contributed by atoms with Crippen LogP contribution in [0.1, 0.15) is 6.42 Å². The van der Waals surface area contributed by atoms with Crippen molar-refractivity contribution in [2.24, 2.45) is 5.73 Å². The van der Waals surface area contributed by atoms with Gasteiger partial charge in [0, 0.05) is 20.0 Å². The SMILES string of the molecule is CN(CCC(N)=S)C(=O)COc1ccccc1. The standard InChI is InChI=1S/C12H16N2O2S/c1-14(8-7-11(13)17)12(15)9-16-10-5-3-2-4-6-10/h2-6H,7-9H2,1H3,(H2,13,17). The summed E-state index contributed by atoms with van der Waals surface area (Å²) in [4.78, 5) is 13.6. The second-order valence-electron chi connectivity index (χ2n) is 3.63. The van der Waals surface area contributed by atoms with Gasteiger partial charge in [-0.2, -0.15) is 0 Å². The molecule has 0 aliphatic carbocycles. The largest absolute Gasteiger partial charge is 0.484 e. The van der Waals surface area contributed by atoms with Crippen LogP contribution in [-0.2, 0) is 4.79 Å². The Labute approximate surface area is 106 Å². The molecule has 1 amide bonds. The molecule has 1 aromatic carbocycles. The first-order valence-electron chi connectivity index (χ1n) is 5.29. The lowest BCUT2D eigenvalue weighted by Crippen LogP contribution is -2.33. The van der Waals surface area contributed by atoms with Gasteiger partial charge in [0.05, 0.1) is 4.99 Å². The molecule has 0 unspecified atom stereocenters. The molecular formula is C12H16N2O2S. The van der Waals surface area contributed by atoms with E-state index in [2.05, 4.69) is 0 Å². The molecular weight excluding hydrogens is 236 g/mol. The highest BCUT2D eigenvalue weighted by Crippen LogP contribution is 2.08. The van der Waals surface area contributed by atoms with E-state index in [0.717, 1.165) is 0 Å². The predicted octanol–water partition coefficient (Wildman–Crippen LogP) is 1.20. The maximum Gasteiger partial charge on any atom is 0.260 e. The van der Waals surface area contributed by atoms with E-state index in [-0.39, 0.29) is 12.5 Å². The number of para-hydroxylation sites is 1. The number of amides is 1. The van der Waals surface area contributed by atoms with Crippen LogP contribution in [-0.4, -0.2) is 36.0 Å². The van der Waals surface area contributed by atoms with Crippen molar-refractivity contribution < 1.29 is 9.53 Å². The van der Waals surface area contributed by atoms with Gasteiger partial charge >= 0.3 is 0 Å².